The van der Waals surface area contributed by atoms with Crippen molar-refractivity contribution in [3.8, 4) is 0 Å². The Bertz CT molecular complexity index is 572. The van der Waals surface area contributed by atoms with E-state index in [0.29, 0.717) is 0 Å². The van der Waals surface area contributed by atoms with Crippen LogP contribution in [0.25, 0.3) is 5.70 Å². The molecular weight excluding hydrogens is 305 g/mol. The lowest BCUT2D eigenvalue weighted by molar-refractivity contribution is 0.528. The van der Waals surface area contributed by atoms with Gasteiger partial charge in [0.2, 0.25) is 0 Å². The van der Waals surface area contributed by atoms with Crippen LogP contribution in [0.2, 0.25) is 0 Å². The SMILES string of the molecule is C=C1C(Br)=CC=C(c2ccc(F)cc2CC)N1CC. The van der Waals surface area contributed by atoms with Crippen molar-refractivity contribution in [3.05, 3.63) is 64.1 Å². The number of aryl methyl sites for hydroxylation is 1. The summed E-state index contributed by atoms with van der Waals surface area (Å²) in [5, 5.41) is 0. The number of nitrogens with zero attached hydrogens (tertiary/aromatic N) is 1. The van der Waals surface area contributed by atoms with Crippen molar-refractivity contribution in [2.24, 2.45) is 0 Å². The monoisotopic (exact) mass is 321 g/mol. The molecule has 0 radical (unpaired) electrons. The van der Waals surface area contributed by atoms with Crippen LogP contribution in [0.3, 0.4) is 0 Å². The molecule has 0 amide bonds. The van der Waals surface area contributed by atoms with Crippen LogP contribution in [0, 0.1) is 5.82 Å². The van der Waals surface area contributed by atoms with Gasteiger partial charge in [0.15, 0.2) is 0 Å². The molecule has 0 fully saturated rings. The van der Waals surface area contributed by atoms with Gasteiger partial charge in [-0.3, -0.25) is 0 Å². The first kappa shape index (κ1) is 14.1. The molecule has 1 aliphatic heterocycles. The van der Waals surface area contributed by atoms with Crippen LogP contribution in [0.15, 0.2) is 47.1 Å². The molecule has 2 rings (SSSR count). The topological polar surface area (TPSA) is 3.24 Å². The Balaban J connectivity index is 2.54. The number of benzene rings is 1. The minimum absolute atomic E-state index is 0.185. The second kappa shape index (κ2) is 5.74. The van der Waals surface area contributed by atoms with Gasteiger partial charge in [-0.1, -0.05) is 13.5 Å². The zero-order valence-corrected chi connectivity index (χ0v) is 12.8. The fourth-order valence-electron chi connectivity index (χ4n) is 2.31. The molecule has 0 atom stereocenters. The molecule has 0 unspecified atom stereocenters. The van der Waals surface area contributed by atoms with Crippen molar-refractivity contribution >= 4 is 21.6 Å². The predicted molar refractivity (Wildman–Crippen MR) is 82.3 cm³/mol. The fraction of sp³-hybridized carbons (Fsp3) is 0.250. The summed E-state index contributed by atoms with van der Waals surface area (Å²) in [6.07, 6.45) is 4.85. The predicted octanol–water partition coefficient (Wildman–Crippen LogP) is 4.86. The number of rotatable bonds is 3. The van der Waals surface area contributed by atoms with Gasteiger partial charge in [-0.25, -0.2) is 4.39 Å². The van der Waals surface area contributed by atoms with Gasteiger partial charge in [0, 0.05) is 28.0 Å². The van der Waals surface area contributed by atoms with Gasteiger partial charge in [-0.15, -0.1) is 0 Å². The highest BCUT2D eigenvalue weighted by molar-refractivity contribution is 9.12. The van der Waals surface area contributed by atoms with E-state index in [1.807, 2.05) is 19.1 Å². The van der Waals surface area contributed by atoms with Gasteiger partial charge in [0.05, 0.1) is 0 Å². The first-order valence-electron chi connectivity index (χ1n) is 6.41. The molecule has 0 aliphatic carbocycles. The highest BCUT2D eigenvalue weighted by Crippen LogP contribution is 2.34. The van der Waals surface area contributed by atoms with E-state index in [1.54, 1.807) is 6.07 Å². The molecule has 3 heteroatoms. The van der Waals surface area contributed by atoms with Gasteiger partial charge in [0.25, 0.3) is 0 Å². The van der Waals surface area contributed by atoms with Crippen molar-refractivity contribution in [3.63, 3.8) is 0 Å². The number of likely N-dealkylation sites (N-methyl/N-ethyl adjacent to an activating group) is 1. The van der Waals surface area contributed by atoms with Crippen molar-refractivity contribution in [2.75, 3.05) is 6.54 Å². The van der Waals surface area contributed by atoms with E-state index in [-0.39, 0.29) is 5.82 Å². The van der Waals surface area contributed by atoms with Crippen LogP contribution in [0.5, 0.6) is 0 Å². The minimum atomic E-state index is -0.185. The quantitative estimate of drug-likeness (QED) is 0.768. The van der Waals surface area contributed by atoms with E-state index in [1.165, 1.54) is 6.07 Å². The van der Waals surface area contributed by atoms with Crippen molar-refractivity contribution in [2.45, 2.75) is 20.3 Å². The maximum Gasteiger partial charge on any atom is 0.123 e. The van der Waals surface area contributed by atoms with E-state index in [9.17, 15) is 4.39 Å². The molecule has 19 heavy (non-hydrogen) atoms. The summed E-state index contributed by atoms with van der Waals surface area (Å²) in [6.45, 7) is 9.04. The third-order valence-corrected chi connectivity index (χ3v) is 4.04. The average molecular weight is 322 g/mol. The van der Waals surface area contributed by atoms with Crippen LogP contribution in [0.1, 0.15) is 25.0 Å². The van der Waals surface area contributed by atoms with Crippen LogP contribution in [-0.4, -0.2) is 11.4 Å². The van der Waals surface area contributed by atoms with Crippen LogP contribution in [0.4, 0.5) is 4.39 Å². The van der Waals surface area contributed by atoms with Crippen molar-refractivity contribution in [1.82, 2.24) is 4.90 Å². The van der Waals surface area contributed by atoms with Gasteiger partial charge >= 0.3 is 0 Å². The zero-order chi connectivity index (χ0) is 14.0. The smallest absolute Gasteiger partial charge is 0.123 e. The van der Waals surface area contributed by atoms with E-state index in [0.717, 1.165) is 40.0 Å². The number of hydrogen-bond donors (Lipinski definition) is 0. The Kier molecular flexibility index (Phi) is 4.25. The first-order valence-corrected chi connectivity index (χ1v) is 7.20. The lowest BCUT2D eigenvalue weighted by Crippen LogP contribution is -2.23. The van der Waals surface area contributed by atoms with Crippen LogP contribution in [-0.2, 0) is 6.42 Å². The van der Waals surface area contributed by atoms with Crippen molar-refractivity contribution in [1.29, 1.82) is 0 Å². The summed E-state index contributed by atoms with van der Waals surface area (Å²) in [7, 11) is 0. The molecule has 1 nitrogen and oxygen atoms in total. The molecule has 0 aromatic heterocycles. The summed E-state index contributed by atoms with van der Waals surface area (Å²) in [4.78, 5) is 2.14. The number of halogens is 2. The van der Waals surface area contributed by atoms with Gasteiger partial charge < -0.3 is 4.90 Å². The van der Waals surface area contributed by atoms with Gasteiger partial charge in [-0.2, -0.15) is 0 Å². The lowest BCUT2D eigenvalue weighted by atomic mass is 9.99. The van der Waals surface area contributed by atoms with E-state index in [4.69, 9.17) is 0 Å². The van der Waals surface area contributed by atoms with E-state index >= 15 is 0 Å². The largest absolute Gasteiger partial charge is 0.341 e. The van der Waals surface area contributed by atoms with E-state index in [2.05, 4.69) is 40.4 Å². The molecule has 0 saturated carbocycles. The number of allylic oxidation sites excluding steroid dienone is 3. The van der Waals surface area contributed by atoms with Crippen LogP contribution < -0.4 is 0 Å². The minimum Gasteiger partial charge on any atom is -0.341 e. The molecular formula is C16H17BrFN. The fourth-order valence-corrected chi connectivity index (χ4v) is 2.66. The summed E-state index contributed by atoms with van der Waals surface area (Å²) in [5.74, 6) is -0.185. The molecule has 1 aromatic rings. The molecule has 1 aliphatic rings. The Morgan fingerprint density at radius 1 is 1.26 bits per heavy atom. The first-order chi connectivity index (χ1) is 9.08. The number of hydrogen-bond acceptors (Lipinski definition) is 1. The maximum atomic E-state index is 13.3. The Labute approximate surface area is 122 Å². The maximum absolute atomic E-state index is 13.3. The summed E-state index contributed by atoms with van der Waals surface area (Å²) in [5.41, 5.74) is 4.10. The van der Waals surface area contributed by atoms with Crippen LogP contribution >= 0.6 is 15.9 Å². The Morgan fingerprint density at radius 2 is 2.00 bits per heavy atom. The Morgan fingerprint density at radius 3 is 2.63 bits per heavy atom. The highest BCUT2D eigenvalue weighted by Gasteiger charge is 2.20. The van der Waals surface area contributed by atoms with Gasteiger partial charge in [0.1, 0.15) is 5.82 Å². The molecule has 1 heterocycles. The lowest BCUT2D eigenvalue weighted by Gasteiger charge is -2.31. The molecule has 0 saturated heterocycles. The second-order valence-electron chi connectivity index (χ2n) is 4.41. The molecule has 100 valence electrons. The summed E-state index contributed by atoms with van der Waals surface area (Å²) < 4.78 is 14.3. The third kappa shape index (κ3) is 2.66. The molecule has 0 spiro atoms. The standard InChI is InChI=1S/C16H17BrFN/c1-4-12-10-13(18)6-7-14(12)16-9-8-15(17)11(3)19(16)5-2/h6-10H,3-5H2,1-2H3. The Hall–Kier alpha value is -1.35. The molecule has 1 aromatic carbocycles. The highest BCUT2D eigenvalue weighted by atomic mass is 79.9. The van der Waals surface area contributed by atoms with Gasteiger partial charge in [-0.05, 0) is 65.2 Å². The van der Waals surface area contributed by atoms with Crippen molar-refractivity contribution < 1.29 is 4.39 Å². The molecule has 0 N–H and O–H groups in total. The summed E-state index contributed by atoms with van der Waals surface area (Å²) >= 11 is 3.50. The van der Waals surface area contributed by atoms with E-state index < -0.39 is 0 Å². The molecule has 0 bridgehead atoms. The summed E-state index contributed by atoms with van der Waals surface area (Å²) in [6, 6.07) is 4.97. The average Bonchev–Trinajstić information content (AvgIpc) is 2.41. The third-order valence-electron chi connectivity index (χ3n) is 3.32. The zero-order valence-electron chi connectivity index (χ0n) is 11.2. The normalized spacial score (nSPS) is 15.4. The second-order valence-corrected chi connectivity index (χ2v) is 5.27.